The van der Waals surface area contributed by atoms with Gasteiger partial charge in [0.1, 0.15) is 0 Å². The summed E-state index contributed by atoms with van der Waals surface area (Å²) in [6.45, 7) is 0. The van der Waals surface area contributed by atoms with Crippen LogP contribution in [0.4, 0.5) is 0 Å². The summed E-state index contributed by atoms with van der Waals surface area (Å²) in [5.74, 6) is -0.0990. The van der Waals surface area contributed by atoms with E-state index in [1.807, 2.05) is 6.07 Å². The molecule has 1 N–H and O–H groups in total. The van der Waals surface area contributed by atoms with Crippen molar-refractivity contribution < 1.29 is 14.1 Å². The SMILES string of the molecule is C[S@@](=O)c1c(C2CCC2)ccc(C(=O)O)c1C1CC1. The normalized spacial score (nSPS) is 20.9. The van der Waals surface area contributed by atoms with Crippen molar-refractivity contribution in [1.82, 2.24) is 0 Å². The minimum absolute atomic E-state index is 0.310. The van der Waals surface area contributed by atoms with Gasteiger partial charge in [-0.05, 0) is 54.7 Å². The third-order valence-electron chi connectivity index (χ3n) is 4.28. The van der Waals surface area contributed by atoms with Gasteiger partial charge in [0, 0.05) is 11.2 Å². The molecule has 0 heterocycles. The zero-order chi connectivity index (χ0) is 13.6. The molecular weight excluding hydrogens is 260 g/mol. The molecule has 2 aliphatic rings. The largest absolute Gasteiger partial charge is 0.478 e. The Morgan fingerprint density at radius 2 is 1.89 bits per heavy atom. The van der Waals surface area contributed by atoms with Crippen molar-refractivity contribution in [1.29, 1.82) is 0 Å². The van der Waals surface area contributed by atoms with E-state index >= 15 is 0 Å². The standard InChI is InChI=1S/C15H18O3S/c1-19(18)14-11(9-3-2-4-9)7-8-12(15(16)17)13(14)10-5-6-10/h7-10H,2-6H2,1H3,(H,16,17)/t19-/m1/s1. The van der Waals surface area contributed by atoms with Crippen LogP contribution in [0.3, 0.4) is 0 Å². The number of hydrogen-bond donors (Lipinski definition) is 1. The van der Waals surface area contributed by atoms with Crippen LogP contribution < -0.4 is 0 Å². The second kappa shape index (κ2) is 4.75. The summed E-state index contributed by atoms with van der Waals surface area (Å²) in [5.41, 5.74) is 2.35. The van der Waals surface area contributed by atoms with E-state index in [0.717, 1.165) is 41.7 Å². The molecule has 0 amide bonds. The molecule has 2 aliphatic carbocycles. The second-order valence-electron chi connectivity index (χ2n) is 5.61. The Morgan fingerprint density at radius 1 is 1.21 bits per heavy atom. The molecule has 0 aromatic heterocycles. The first-order valence-corrected chi connectivity index (χ1v) is 8.39. The van der Waals surface area contributed by atoms with E-state index in [-0.39, 0.29) is 0 Å². The molecule has 0 radical (unpaired) electrons. The Balaban J connectivity index is 2.19. The van der Waals surface area contributed by atoms with E-state index in [1.165, 1.54) is 6.42 Å². The number of carboxylic acids is 1. The Morgan fingerprint density at radius 3 is 2.32 bits per heavy atom. The molecule has 1 atom stereocenters. The summed E-state index contributed by atoms with van der Waals surface area (Å²) in [7, 11) is -1.11. The number of carbonyl (C=O) groups is 1. The minimum atomic E-state index is -1.11. The predicted molar refractivity (Wildman–Crippen MR) is 74.3 cm³/mol. The van der Waals surface area contributed by atoms with Crippen molar-refractivity contribution in [3.63, 3.8) is 0 Å². The average molecular weight is 278 g/mol. The lowest BCUT2D eigenvalue weighted by Crippen LogP contribution is -2.15. The quantitative estimate of drug-likeness (QED) is 0.919. The predicted octanol–water partition coefficient (Wildman–Crippen LogP) is 3.27. The molecule has 1 aromatic rings. The maximum atomic E-state index is 12.2. The zero-order valence-corrected chi connectivity index (χ0v) is 11.8. The van der Waals surface area contributed by atoms with Gasteiger partial charge in [-0.25, -0.2) is 4.79 Å². The van der Waals surface area contributed by atoms with Crippen molar-refractivity contribution in [2.24, 2.45) is 0 Å². The van der Waals surface area contributed by atoms with Gasteiger partial charge in [0.25, 0.3) is 0 Å². The summed E-state index contributed by atoms with van der Waals surface area (Å²) >= 11 is 0. The molecule has 1 aromatic carbocycles. The topological polar surface area (TPSA) is 54.4 Å². The molecule has 0 bridgehead atoms. The highest BCUT2D eigenvalue weighted by Gasteiger charge is 2.35. The second-order valence-corrected chi connectivity index (χ2v) is 6.92. The fourth-order valence-corrected chi connectivity index (χ4v) is 4.09. The molecule has 0 aliphatic heterocycles. The molecule has 19 heavy (non-hydrogen) atoms. The van der Waals surface area contributed by atoms with Crippen molar-refractivity contribution in [3.05, 3.63) is 28.8 Å². The van der Waals surface area contributed by atoms with Crippen LogP contribution in [0, 0.1) is 0 Å². The van der Waals surface area contributed by atoms with E-state index in [9.17, 15) is 14.1 Å². The van der Waals surface area contributed by atoms with Crippen molar-refractivity contribution >= 4 is 16.8 Å². The van der Waals surface area contributed by atoms with E-state index in [2.05, 4.69) is 0 Å². The van der Waals surface area contributed by atoms with Crippen LogP contribution in [-0.4, -0.2) is 21.5 Å². The van der Waals surface area contributed by atoms with Gasteiger partial charge in [-0.2, -0.15) is 0 Å². The molecule has 3 nitrogen and oxygen atoms in total. The van der Waals surface area contributed by atoms with Gasteiger partial charge >= 0.3 is 5.97 Å². The van der Waals surface area contributed by atoms with Crippen LogP contribution in [-0.2, 0) is 10.8 Å². The molecule has 2 fully saturated rings. The highest BCUT2D eigenvalue weighted by molar-refractivity contribution is 7.84. The van der Waals surface area contributed by atoms with Gasteiger partial charge in [-0.1, -0.05) is 12.5 Å². The van der Waals surface area contributed by atoms with Gasteiger partial charge in [0.05, 0.1) is 16.4 Å². The summed E-state index contributed by atoms with van der Waals surface area (Å²) in [6, 6.07) is 3.62. The Labute approximate surface area is 115 Å². The highest BCUT2D eigenvalue weighted by Crippen LogP contribution is 2.48. The number of hydrogen-bond acceptors (Lipinski definition) is 2. The summed E-state index contributed by atoms with van der Waals surface area (Å²) in [5, 5.41) is 9.35. The molecule has 4 heteroatoms. The number of carboxylic acid groups (broad SMARTS) is 1. The van der Waals surface area contributed by atoms with E-state index in [1.54, 1.807) is 12.3 Å². The summed E-state index contributed by atoms with van der Waals surface area (Å²) in [4.78, 5) is 12.2. The first-order chi connectivity index (χ1) is 9.09. The lowest BCUT2D eigenvalue weighted by molar-refractivity contribution is 0.0695. The smallest absolute Gasteiger partial charge is 0.336 e. The molecule has 0 unspecified atom stereocenters. The van der Waals surface area contributed by atoms with Crippen molar-refractivity contribution in [2.75, 3.05) is 6.26 Å². The fourth-order valence-electron chi connectivity index (χ4n) is 2.94. The maximum Gasteiger partial charge on any atom is 0.336 e. The number of rotatable bonds is 4. The zero-order valence-electron chi connectivity index (χ0n) is 11.0. The molecule has 0 saturated heterocycles. The van der Waals surface area contributed by atoms with Crippen LogP contribution in [0.1, 0.15) is 65.4 Å². The van der Waals surface area contributed by atoms with Crippen LogP contribution >= 0.6 is 0 Å². The molecular formula is C15H18O3S. The van der Waals surface area contributed by atoms with Gasteiger partial charge in [-0.3, -0.25) is 4.21 Å². The number of benzene rings is 1. The minimum Gasteiger partial charge on any atom is -0.478 e. The van der Waals surface area contributed by atoms with E-state index < -0.39 is 16.8 Å². The first kappa shape index (κ1) is 12.9. The highest BCUT2D eigenvalue weighted by atomic mass is 32.2. The van der Waals surface area contributed by atoms with Crippen LogP contribution in [0.25, 0.3) is 0 Å². The van der Waals surface area contributed by atoms with E-state index in [0.29, 0.717) is 17.4 Å². The molecule has 3 rings (SSSR count). The van der Waals surface area contributed by atoms with Crippen molar-refractivity contribution in [3.8, 4) is 0 Å². The lowest BCUT2D eigenvalue weighted by Gasteiger charge is -2.29. The molecule has 2 saturated carbocycles. The summed E-state index contributed by atoms with van der Waals surface area (Å²) < 4.78 is 12.2. The van der Waals surface area contributed by atoms with E-state index in [4.69, 9.17) is 0 Å². The Bertz CT molecular complexity index is 557. The third kappa shape index (κ3) is 2.22. The Hall–Kier alpha value is -1.16. The Kier molecular flexibility index (Phi) is 3.21. The monoisotopic (exact) mass is 278 g/mol. The molecule has 0 spiro atoms. The van der Waals surface area contributed by atoms with Crippen LogP contribution in [0.2, 0.25) is 0 Å². The first-order valence-electron chi connectivity index (χ1n) is 6.83. The fraction of sp³-hybridized carbons (Fsp3) is 0.533. The van der Waals surface area contributed by atoms with Gasteiger partial charge in [0.15, 0.2) is 0 Å². The summed E-state index contributed by atoms with van der Waals surface area (Å²) in [6.07, 6.45) is 7.23. The van der Waals surface area contributed by atoms with Crippen LogP contribution in [0.5, 0.6) is 0 Å². The van der Waals surface area contributed by atoms with Gasteiger partial charge < -0.3 is 5.11 Å². The maximum absolute atomic E-state index is 12.2. The molecule has 102 valence electrons. The number of aromatic carboxylic acids is 1. The van der Waals surface area contributed by atoms with Crippen molar-refractivity contribution in [2.45, 2.75) is 48.8 Å². The van der Waals surface area contributed by atoms with Gasteiger partial charge in [0.2, 0.25) is 0 Å². The lowest BCUT2D eigenvalue weighted by atomic mass is 9.79. The van der Waals surface area contributed by atoms with Gasteiger partial charge in [-0.15, -0.1) is 0 Å². The average Bonchev–Trinajstić information content (AvgIpc) is 3.08. The third-order valence-corrected chi connectivity index (χ3v) is 5.31. The van der Waals surface area contributed by atoms with Crippen LogP contribution in [0.15, 0.2) is 17.0 Å².